The van der Waals surface area contributed by atoms with Gasteiger partial charge in [-0.2, -0.15) is 0 Å². The van der Waals surface area contributed by atoms with Crippen molar-refractivity contribution in [3.63, 3.8) is 0 Å². The zero-order chi connectivity index (χ0) is 9.00. The summed E-state index contributed by atoms with van der Waals surface area (Å²) in [6.07, 6.45) is 6.28. The van der Waals surface area contributed by atoms with E-state index in [0.717, 1.165) is 16.8 Å². The Kier molecular flexibility index (Phi) is 1.56. The molecule has 0 radical (unpaired) electrons. The molecule has 0 aliphatic heterocycles. The largest absolute Gasteiger partial charge is 0.327 e. The van der Waals surface area contributed by atoms with E-state index in [-0.39, 0.29) is 0 Å². The van der Waals surface area contributed by atoms with Crippen molar-refractivity contribution in [1.82, 2.24) is 4.98 Å². The molecule has 3 rings (SSSR count). The minimum Gasteiger partial charge on any atom is -0.327 e. The lowest BCUT2D eigenvalue weighted by Gasteiger charge is -2.14. The maximum absolute atomic E-state index is 5.99. The Morgan fingerprint density at radius 1 is 1.46 bits per heavy atom. The Morgan fingerprint density at radius 2 is 2.31 bits per heavy atom. The predicted molar refractivity (Wildman–Crippen MR) is 54.5 cm³/mol. The van der Waals surface area contributed by atoms with Gasteiger partial charge in [-0.3, -0.25) is 4.98 Å². The highest BCUT2D eigenvalue weighted by Gasteiger charge is 2.51. The van der Waals surface area contributed by atoms with E-state index < -0.39 is 0 Å². The van der Waals surface area contributed by atoms with Crippen LogP contribution in [0, 0.1) is 5.92 Å². The highest BCUT2D eigenvalue weighted by molar-refractivity contribution is 9.10. The topological polar surface area (TPSA) is 38.9 Å². The van der Waals surface area contributed by atoms with Gasteiger partial charge in [-0.1, -0.05) is 0 Å². The van der Waals surface area contributed by atoms with Crippen LogP contribution in [0.1, 0.15) is 23.5 Å². The van der Waals surface area contributed by atoms with Gasteiger partial charge in [0.1, 0.15) is 0 Å². The molecule has 2 N–H and O–H groups in total. The first-order valence-electron chi connectivity index (χ1n) is 4.67. The Bertz CT molecular complexity index is 364. The van der Waals surface area contributed by atoms with Gasteiger partial charge in [0.25, 0.3) is 0 Å². The molecule has 1 saturated carbocycles. The van der Waals surface area contributed by atoms with Crippen molar-refractivity contribution in [2.75, 3.05) is 0 Å². The second kappa shape index (κ2) is 2.55. The summed E-state index contributed by atoms with van der Waals surface area (Å²) < 4.78 is 1.16. The number of hydrogen-bond acceptors (Lipinski definition) is 2. The van der Waals surface area contributed by atoms with E-state index in [0.29, 0.717) is 12.0 Å². The van der Waals surface area contributed by atoms with Crippen molar-refractivity contribution in [3.8, 4) is 0 Å². The Morgan fingerprint density at radius 3 is 3.15 bits per heavy atom. The maximum atomic E-state index is 5.99. The van der Waals surface area contributed by atoms with Gasteiger partial charge in [-0.25, -0.2) is 0 Å². The lowest BCUT2D eigenvalue weighted by Crippen LogP contribution is -2.03. The first-order valence-corrected chi connectivity index (χ1v) is 5.46. The third kappa shape index (κ3) is 1.00. The van der Waals surface area contributed by atoms with Crippen LogP contribution in [0.2, 0.25) is 0 Å². The molecule has 1 fully saturated rings. The molecule has 1 aromatic heterocycles. The van der Waals surface area contributed by atoms with Gasteiger partial charge in [0.2, 0.25) is 0 Å². The van der Waals surface area contributed by atoms with Crippen LogP contribution in [-0.4, -0.2) is 11.0 Å². The van der Waals surface area contributed by atoms with Crippen molar-refractivity contribution < 1.29 is 0 Å². The molecule has 2 aliphatic rings. The molecule has 0 spiro atoms. The van der Waals surface area contributed by atoms with Crippen LogP contribution in [0.15, 0.2) is 16.9 Å². The molecule has 0 amide bonds. The molecule has 68 valence electrons. The van der Waals surface area contributed by atoms with Gasteiger partial charge in [0.15, 0.2) is 0 Å². The normalized spacial score (nSPS) is 35.1. The summed E-state index contributed by atoms with van der Waals surface area (Å²) in [7, 11) is 0. The SMILES string of the molecule is NC1C2CCc3c(Br)cncc3C12. The summed E-state index contributed by atoms with van der Waals surface area (Å²) >= 11 is 3.54. The van der Waals surface area contributed by atoms with E-state index in [2.05, 4.69) is 20.9 Å². The molecule has 3 atom stereocenters. The summed E-state index contributed by atoms with van der Waals surface area (Å²) in [6, 6.07) is 0.400. The summed E-state index contributed by atoms with van der Waals surface area (Å²) in [6.45, 7) is 0. The van der Waals surface area contributed by atoms with Gasteiger partial charge in [-0.05, 0) is 45.8 Å². The van der Waals surface area contributed by atoms with E-state index in [1.54, 1.807) is 0 Å². The third-order valence-electron chi connectivity index (χ3n) is 3.35. The number of fused-ring (bicyclic) bond motifs is 3. The van der Waals surface area contributed by atoms with Crippen molar-refractivity contribution in [3.05, 3.63) is 28.0 Å². The monoisotopic (exact) mass is 238 g/mol. The van der Waals surface area contributed by atoms with E-state index in [1.807, 2.05) is 12.4 Å². The second-order valence-corrected chi connectivity index (χ2v) is 4.85. The van der Waals surface area contributed by atoms with Gasteiger partial charge in [0.05, 0.1) is 0 Å². The Labute approximate surface area is 85.7 Å². The van der Waals surface area contributed by atoms with Gasteiger partial charge in [-0.15, -0.1) is 0 Å². The zero-order valence-electron chi connectivity index (χ0n) is 7.20. The van der Waals surface area contributed by atoms with Gasteiger partial charge in [0, 0.05) is 28.8 Å². The molecule has 3 unspecified atom stereocenters. The molecule has 2 nitrogen and oxygen atoms in total. The smallest absolute Gasteiger partial charge is 0.0413 e. The van der Waals surface area contributed by atoms with Crippen molar-refractivity contribution in [2.24, 2.45) is 11.7 Å². The molecule has 1 aromatic rings. The highest BCUT2D eigenvalue weighted by Crippen LogP contribution is 2.53. The summed E-state index contributed by atoms with van der Waals surface area (Å²) in [5.41, 5.74) is 8.82. The average Bonchev–Trinajstić information content (AvgIpc) is 2.79. The molecular formula is C10H11BrN2. The van der Waals surface area contributed by atoms with Crippen LogP contribution in [0.25, 0.3) is 0 Å². The van der Waals surface area contributed by atoms with Gasteiger partial charge >= 0.3 is 0 Å². The number of halogens is 1. The molecule has 1 heterocycles. The quantitative estimate of drug-likeness (QED) is 0.750. The minimum atomic E-state index is 0.400. The lowest BCUT2D eigenvalue weighted by atomic mass is 9.94. The number of rotatable bonds is 0. The fourth-order valence-corrected chi connectivity index (χ4v) is 3.09. The standard InChI is InChI=1S/C10H11BrN2/c11-8-4-13-3-7-5(8)1-2-6-9(7)10(6)12/h3-4,6,9-10H,1-2,12H2. The second-order valence-electron chi connectivity index (χ2n) is 3.99. The van der Waals surface area contributed by atoms with Crippen LogP contribution in [0.3, 0.4) is 0 Å². The molecule has 3 heteroatoms. The molecular weight excluding hydrogens is 228 g/mol. The average molecular weight is 239 g/mol. The Balaban J connectivity index is 2.13. The predicted octanol–water partition coefficient (Wildman–Crippen LogP) is 1.83. The third-order valence-corrected chi connectivity index (χ3v) is 4.04. The number of nitrogens with zero attached hydrogens (tertiary/aromatic N) is 1. The van der Waals surface area contributed by atoms with E-state index >= 15 is 0 Å². The van der Waals surface area contributed by atoms with Crippen LogP contribution < -0.4 is 5.73 Å². The van der Waals surface area contributed by atoms with Crippen LogP contribution in [0.5, 0.6) is 0 Å². The van der Waals surface area contributed by atoms with Crippen molar-refractivity contribution in [1.29, 1.82) is 0 Å². The zero-order valence-corrected chi connectivity index (χ0v) is 8.79. The summed E-state index contributed by atoms with van der Waals surface area (Å²) in [5, 5.41) is 0. The number of aromatic nitrogens is 1. The lowest BCUT2D eigenvalue weighted by molar-refractivity contribution is 0.653. The summed E-state index contributed by atoms with van der Waals surface area (Å²) in [5.74, 6) is 1.34. The van der Waals surface area contributed by atoms with E-state index in [9.17, 15) is 0 Å². The van der Waals surface area contributed by atoms with Crippen LogP contribution >= 0.6 is 15.9 Å². The van der Waals surface area contributed by atoms with Crippen LogP contribution in [-0.2, 0) is 6.42 Å². The van der Waals surface area contributed by atoms with Crippen molar-refractivity contribution in [2.45, 2.75) is 24.8 Å². The van der Waals surface area contributed by atoms with E-state index in [1.165, 1.54) is 17.5 Å². The van der Waals surface area contributed by atoms with E-state index in [4.69, 9.17) is 5.73 Å². The Hall–Kier alpha value is -0.410. The molecule has 2 aliphatic carbocycles. The van der Waals surface area contributed by atoms with Gasteiger partial charge < -0.3 is 5.73 Å². The first-order chi connectivity index (χ1) is 6.29. The number of pyridine rings is 1. The molecule has 0 aromatic carbocycles. The number of nitrogens with two attached hydrogens (primary N) is 1. The molecule has 0 bridgehead atoms. The fraction of sp³-hybridized carbons (Fsp3) is 0.500. The minimum absolute atomic E-state index is 0.400. The van der Waals surface area contributed by atoms with Crippen molar-refractivity contribution >= 4 is 15.9 Å². The molecule has 13 heavy (non-hydrogen) atoms. The van der Waals surface area contributed by atoms with Crippen LogP contribution in [0.4, 0.5) is 0 Å². The molecule has 0 saturated heterocycles. The maximum Gasteiger partial charge on any atom is 0.0413 e. The number of hydrogen-bond donors (Lipinski definition) is 1. The summed E-state index contributed by atoms with van der Waals surface area (Å²) in [4.78, 5) is 4.21. The fourth-order valence-electron chi connectivity index (χ4n) is 2.55. The first kappa shape index (κ1) is 7.94. The highest BCUT2D eigenvalue weighted by atomic mass is 79.9.